The molecule has 0 spiro atoms. The maximum Gasteiger partial charge on any atom is 0.114 e. The smallest absolute Gasteiger partial charge is 0.114 e. The quantitative estimate of drug-likeness (QED) is 0.829. The lowest BCUT2D eigenvalue weighted by atomic mass is 10.1. The Balaban J connectivity index is 2.30. The first-order valence-electron chi connectivity index (χ1n) is 5.19. The lowest BCUT2D eigenvalue weighted by molar-refractivity contribution is 0.223. The van der Waals surface area contributed by atoms with E-state index in [1.165, 1.54) is 9.77 Å². The Kier molecular flexibility index (Phi) is 4.31. The molecular weight excluding hydrogens is 316 g/mol. The molecule has 1 aromatic carbocycles. The van der Waals surface area contributed by atoms with Gasteiger partial charge >= 0.3 is 0 Å². The summed E-state index contributed by atoms with van der Waals surface area (Å²) in [5, 5.41) is 10.3. The number of aryl methyl sites for hydroxylation is 1. The number of thioether (sulfide) groups is 1. The second kappa shape index (κ2) is 5.57. The van der Waals surface area contributed by atoms with Crippen LogP contribution in [0, 0.1) is 6.92 Å². The van der Waals surface area contributed by atoms with Crippen LogP contribution >= 0.6 is 39.0 Å². The second-order valence-electron chi connectivity index (χ2n) is 3.74. The summed E-state index contributed by atoms with van der Waals surface area (Å²) in [5.41, 5.74) is 0.936. The summed E-state index contributed by atoms with van der Waals surface area (Å²) < 4.78 is 0.987. The minimum atomic E-state index is -0.543. The Morgan fingerprint density at radius 1 is 1.29 bits per heavy atom. The summed E-state index contributed by atoms with van der Waals surface area (Å²) in [6.07, 6.45) is 1.50. The van der Waals surface area contributed by atoms with Gasteiger partial charge in [-0.2, -0.15) is 0 Å². The molecule has 4 heteroatoms. The lowest BCUT2D eigenvalue weighted by Gasteiger charge is -2.10. The Labute approximate surface area is 118 Å². The molecule has 1 aromatic heterocycles. The average molecular weight is 329 g/mol. The molecule has 2 aromatic rings. The van der Waals surface area contributed by atoms with E-state index >= 15 is 0 Å². The zero-order valence-electron chi connectivity index (χ0n) is 9.61. The lowest BCUT2D eigenvalue weighted by Crippen LogP contribution is -1.97. The number of benzene rings is 1. The molecule has 1 unspecified atom stereocenters. The highest BCUT2D eigenvalue weighted by Crippen LogP contribution is 2.35. The summed E-state index contributed by atoms with van der Waals surface area (Å²) in [6.45, 7) is 2.04. The fourth-order valence-electron chi connectivity index (χ4n) is 1.63. The van der Waals surface area contributed by atoms with E-state index in [2.05, 4.69) is 15.9 Å². The van der Waals surface area contributed by atoms with Crippen LogP contribution in [0.2, 0.25) is 0 Å². The highest BCUT2D eigenvalue weighted by molar-refractivity contribution is 9.10. The maximum absolute atomic E-state index is 10.3. The van der Waals surface area contributed by atoms with Gasteiger partial charge in [-0.15, -0.1) is 23.1 Å². The molecule has 0 aliphatic rings. The molecule has 1 atom stereocenters. The number of rotatable bonds is 3. The Morgan fingerprint density at radius 3 is 2.41 bits per heavy atom. The van der Waals surface area contributed by atoms with Gasteiger partial charge in [-0.3, -0.25) is 0 Å². The number of thiophene rings is 1. The third-order valence-corrected chi connectivity index (χ3v) is 5.28. The molecule has 0 fully saturated rings. The molecule has 0 saturated heterocycles. The third-order valence-electron chi connectivity index (χ3n) is 2.52. The number of halogens is 1. The van der Waals surface area contributed by atoms with Crippen molar-refractivity contribution in [2.24, 2.45) is 0 Å². The highest BCUT2D eigenvalue weighted by atomic mass is 79.9. The van der Waals surface area contributed by atoms with Gasteiger partial charge in [0, 0.05) is 14.2 Å². The van der Waals surface area contributed by atoms with Crippen molar-refractivity contribution in [3.63, 3.8) is 0 Å². The van der Waals surface area contributed by atoms with Gasteiger partial charge in [0.25, 0.3) is 0 Å². The molecule has 0 bridgehead atoms. The van der Waals surface area contributed by atoms with E-state index in [1.807, 2.05) is 43.5 Å². The van der Waals surface area contributed by atoms with E-state index in [-0.39, 0.29) is 0 Å². The molecule has 0 aliphatic carbocycles. The third kappa shape index (κ3) is 2.94. The molecule has 0 radical (unpaired) electrons. The largest absolute Gasteiger partial charge is 0.383 e. The van der Waals surface area contributed by atoms with Crippen molar-refractivity contribution in [3.8, 4) is 0 Å². The van der Waals surface area contributed by atoms with Gasteiger partial charge in [0.1, 0.15) is 6.10 Å². The fraction of sp³-hybridized carbons (Fsp3) is 0.231. The van der Waals surface area contributed by atoms with Crippen LogP contribution in [0.4, 0.5) is 0 Å². The second-order valence-corrected chi connectivity index (χ2v) is 6.77. The van der Waals surface area contributed by atoms with E-state index in [1.54, 1.807) is 23.1 Å². The van der Waals surface area contributed by atoms with Crippen LogP contribution in [0.5, 0.6) is 0 Å². The van der Waals surface area contributed by atoms with Gasteiger partial charge in [0.15, 0.2) is 0 Å². The topological polar surface area (TPSA) is 20.2 Å². The van der Waals surface area contributed by atoms with Gasteiger partial charge in [0.2, 0.25) is 0 Å². The van der Waals surface area contributed by atoms with Crippen LogP contribution in [0.15, 0.2) is 39.7 Å². The minimum Gasteiger partial charge on any atom is -0.383 e. The van der Waals surface area contributed by atoms with Gasteiger partial charge in [-0.05, 0) is 52.9 Å². The normalized spacial score (nSPS) is 12.7. The van der Waals surface area contributed by atoms with Gasteiger partial charge < -0.3 is 5.11 Å². The van der Waals surface area contributed by atoms with Crippen LogP contribution in [0.3, 0.4) is 0 Å². The van der Waals surface area contributed by atoms with Crippen molar-refractivity contribution in [2.75, 3.05) is 6.26 Å². The predicted molar refractivity (Wildman–Crippen MR) is 79.0 cm³/mol. The van der Waals surface area contributed by atoms with Crippen molar-refractivity contribution in [1.82, 2.24) is 0 Å². The van der Waals surface area contributed by atoms with E-state index in [4.69, 9.17) is 0 Å². The van der Waals surface area contributed by atoms with Crippen molar-refractivity contribution >= 4 is 39.0 Å². The number of hydrogen-bond acceptors (Lipinski definition) is 3. The SMILES string of the molecule is CSc1ccc(C(O)c2sc(C)cc2Br)cc1. The van der Waals surface area contributed by atoms with Crippen LogP contribution in [-0.2, 0) is 0 Å². The summed E-state index contributed by atoms with van der Waals surface area (Å²) in [6, 6.07) is 10.1. The summed E-state index contributed by atoms with van der Waals surface area (Å²) in [4.78, 5) is 3.38. The van der Waals surface area contributed by atoms with Crippen LogP contribution in [0.1, 0.15) is 21.4 Å². The first-order chi connectivity index (χ1) is 8.11. The number of aliphatic hydroxyl groups excluding tert-OH is 1. The average Bonchev–Trinajstić information content (AvgIpc) is 2.68. The number of aliphatic hydroxyl groups is 1. The van der Waals surface area contributed by atoms with Crippen molar-refractivity contribution in [3.05, 3.63) is 50.1 Å². The highest BCUT2D eigenvalue weighted by Gasteiger charge is 2.16. The van der Waals surface area contributed by atoms with E-state index in [0.29, 0.717) is 0 Å². The van der Waals surface area contributed by atoms with E-state index in [9.17, 15) is 5.11 Å². The predicted octanol–water partition coefficient (Wildman–Crippen LogP) is 4.62. The van der Waals surface area contributed by atoms with Crippen molar-refractivity contribution in [2.45, 2.75) is 17.9 Å². The first kappa shape index (κ1) is 13.1. The van der Waals surface area contributed by atoms with E-state index < -0.39 is 6.10 Å². The van der Waals surface area contributed by atoms with Crippen LogP contribution < -0.4 is 0 Å². The van der Waals surface area contributed by atoms with Gasteiger partial charge in [-0.1, -0.05) is 12.1 Å². The van der Waals surface area contributed by atoms with Crippen molar-refractivity contribution < 1.29 is 5.11 Å². The minimum absolute atomic E-state index is 0.543. The molecule has 1 heterocycles. The zero-order valence-corrected chi connectivity index (χ0v) is 12.8. The molecule has 0 saturated carbocycles. The van der Waals surface area contributed by atoms with E-state index in [0.717, 1.165) is 14.9 Å². The molecule has 1 nitrogen and oxygen atoms in total. The van der Waals surface area contributed by atoms with Gasteiger partial charge in [0.05, 0.1) is 4.88 Å². The maximum atomic E-state index is 10.3. The molecule has 0 amide bonds. The van der Waals surface area contributed by atoms with Crippen LogP contribution in [-0.4, -0.2) is 11.4 Å². The standard InChI is InChI=1S/C13H13BrOS2/c1-8-7-11(14)13(17-8)12(15)9-3-5-10(16-2)6-4-9/h3-7,12,15H,1-2H3. The van der Waals surface area contributed by atoms with Crippen LogP contribution in [0.25, 0.3) is 0 Å². The molecule has 90 valence electrons. The Morgan fingerprint density at radius 2 is 1.94 bits per heavy atom. The molecule has 1 N–H and O–H groups in total. The Hall–Kier alpha value is -0.290. The van der Waals surface area contributed by atoms with Gasteiger partial charge in [-0.25, -0.2) is 0 Å². The number of hydrogen-bond donors (Lipinski definition) is 1. The molecule has 2 rings (SSSR count). The molecular formula is C13H13BrOS2. The summed E-state index contributed by atoms with van der Waals surface area (Å²) >= 11 is 6.82. The van der Waals surface area contributed by atoms with Crippen molar-refractivity contribution in [1.29, 1.82) is 0 Å². The summed E-state index contributed by atoms with van der Waals surface area (Å²) in [5.74, 6) is 0. The first-order valence-corrected chi connectivity index (χ1v) is 8.03. The Bertz CT molecular complexity index is 505. The zero-order chi connectivity index (χ0) is 12.4. The monoisotopic (exact) mass is 328 g/mol. The fourth-order valence-corrected chi connectivity index (χ4v) is 3.92. The molecule has 17 heavy (non-hydrogen) atoms. The summed E-state index contributed by atoms with van der Waals surface area (Å²) in [7, 11) is 0. The molecule has 0 aliphatic heterocycles.